The van der Waals surface area contributed by atoms with Crippen molar-refractivity contribution in [1.29, 1.82) is 0 Å². The highest BCUT2D eigenvalue weighted by molar-refractivity contribution is 14.1. The van der Waals surface area contributed by atoms with E-state index in [4.69, 9.17) is 0 Å². The standard InChI is InChI=1S/C3H2INO2S/c4-1-2(6)5-3(7)8-1/h1H,(H,5,6,7). The fourth-order valence-electron chi connectivity index (χ4n) is 0.334. The van der Waals surface area contributed by atoms with Crippen molar-refractivity contribution >= 4 is 45.5 Å². The van der Waals surface area contributed by atoms with Crippen LogP contribution in [0.4, 0.5) is 4.79 Å². The lowest BCUT2D eigenvalue weighted by molar-refractivity contribution is -0.117. The Morgan fingerprint density at radius 1 is 1.62 bits per heavy atom. The van der Waals surface area contributed by atoms with E-state index in [2.05, 4.69) is 5.32 Å². The first-order valence-electron chi connectivity index (χ1n) is 1.85. The average molecular weight is 243 g/mol. The minimum atomic E-state index is -0.241. The number of halogens is 1. The first-order chi connectivity index (χ1) is 3.70. The molecule has 1 atom stereocenters. The van der Waals surface area contributed by atoms with Crippen molar-refractivity contribution in [2.75, 3.05) is 0 Å². The minimum Gasteiger partial charge on any atom is -0.285 e. The molecule has 1 fully saturated rings. The summed E-state index contributed by atoms with van der Waals surface area (Å²) in [5.41, 5.74) is 0. The van der Waals surface area contributed by atoms with Crippen molar-refractivity contribution < 1.29 is 9.59 Å². The third-order valence-electron chi connectivity index (χ3n) is 0.642. The zero-order valence-electron chi connectivity index (χ0n) is 3.68. The van der Waals surface area contributed by atoms with E-state index in [1.54, 1.807) is 0 Å². The second-order valence-electron chi connectivity index (χ2n) is 1.21. The van der Waals surface area contributed by atoms with Crippen LogP contribution in [-0.4, -0.2) is 14.4 Å². The van der Waals surface area contributed by atoms with Gasteiger partial charge < -0.3 is 0 Å². The molecule has 1 aliphatic heterocycles. The summed E-state index contributed by atoms with van der Waals surface area (Å²) in [5, 5.41) is 1.90. The van der Waals surface area contributed by atoms with Gasteiger partial charge in [-0.05, 0) is 11.8 Å². The number of carbonyl (C=O) groups excluding carboxylic acids is 2. The van der Waals surface area contributed by atoms with Crippen molar-refractivity contribution in [2.45, 2.75) is 3.26 Å². The molecule has 0 saturated carbocycles. The number of nitrogens with one attached hydrogen (secondary N) is 1. The summed E-state index contributed by atoms with van der Waals surface area (Å²) in [6.45, 7) is 0. The van der Waals surface area contributed by atoms with Crippen molar-refractivity contribution in [1.82, 2.24) is 5.32 Å². The molecule has 0 aliphatic carbocycles. The number of imide groups is 1. The predicted molar refractivity (Wildman–Crippen MR) is 38.9 cm³/mol. The molecule has 0 aromatic carbocycles. The Hall–Kier alpha value is 0.220. The highest BCUT2D eigenvalue weighted by Crippen LogP contribution is 2.23. The van der Waals surface area contributed by atoms with Crippen molar-refractivity contribution in [3.8, 4) is 0 Å². The van der Waals surface area contributed by atoms with Crippen LogP contribution in [0.2, 0.25) is 0 Å². The van der Waals surface area contributed by atoms with E-state index in [-0.39, 0.29) is 14.4 Å². The molecule has 1 saturated heterocycles. The van der Waals surface area contributed by atoms with Crippen molar-refractivity contribution in [2.24, 2.45) is 0 Å². The Labute approximate surface area is 63.7 Å². The lowest BCUT2D eigenvalue weighted by Crippen LogP contribution is -2.20. The van der Waals surface area contributed by atoms with E-state index < -0.39 is 0 Å². The molecule has 1 N–H and O–H groups in total. The van der Waals surface area contributed by atoms with Crippen LogP contribution in [0.25, 0.3) is 0 Å². The number of rotatable bonds is 0. The second-order valence-corrected chi connectivity index (χ2v) is 4.38. The molecule has 1 heterocycles. The summed E-state index contributed by atoms with van der Waals surface area (Å²) < 4.78 is -0.222. The van der Waals surface area contributed by atoms with Crippen LogP contribution in [0, 0.1) is 0 Å². The minimum absolute atomic E-state index is 0.194. The number of amides is 2. The molecule has 0 radical (unpaired) electrons. The third kappa shape index (κ3) is 1.13. The van der Waals surface area contributed by atoms with Gasteiger partial charge >= 0.3 is 0 Å². The van der Waals surface area contributed by atoms with Crippen LogP contribution < -0.4 is 5.32 Å². The van der Waals surface area contributed by atoms with E-state index in [9.17, 15) is 9.59 Å². The summed E-state index contributed by atoms with van der Waals surface area (Å²) in [4.78, 5) is 20.7. The monoisotopic (exact) mass is 243 g/mol. The van der Waals surface area contributed by atoms with Gasteiger partial charge in [-0.3, -0.25) is 14.9 Å². The molecular formula is C3H2INO2S. The van der Waals surface area contributed by atoms with Gasteiger partial charge in [0.2, 0.25) is 0 Å². The maximum atomic E-state index is 10.4. The molecule has 1 unspecified atom stereocenters. The van der Waals surface area contributed by atoms with Crippen molar-refractivity contribution in [3.63, 3.8) is 0 Å². The molecule has 1 rings (SSSR count). The topological polar surface area (TPSA) is 46.2 Å². The molecule has 8 heavy (non-hydrogen) atoms. The van der Waals surface area contributed by atoms with Gasteiger partial charge in [0.05, 0.1) is 0 Å². The van der Waals surface area contributed by atoms with Gasteiger partial charge in [-0.1, -0.05) is 22.6 Å². The molecule has 0 bridgehead atoms. The van der Waals surface area contributed by atoms with Gasteiger partial charge in [0, 0.05) is 0 Å². The maximum absolute atomic E-state index is 10.4. The SMILES string of the molecule is O=C1NC(=O)C(I)S1. The van der Waals surface area contributed by atoms with E-state index in [0.29, 0.717) is 0 Å². The quantitative estimate of drug-likeness (QED) is 0.504. The Bertz CT molecular complexity index is 148. The second kappa shape index (κ2) is 2.22. The highest BCUT2D eigenvalue weighted by atomic mass is 127. The van der Waals surface area contributed by atoms with Crippen LogP contribution in [0.5, 0.6) is 0 Å². The summed E-state index contributed by atoms with van der Waals surface area (Å²) in [7, 11) is 0. The Balaban J connectivity index is 2.64. The van der Waals surface area contributed by atoms with Crippen LogP contribution in [0.3, 0.4) is 0 Å². The molecule has 2 amide bonds. The number of hydrogen-bond donors (Lipinski definition) is 1. The first kappa shape index (κ1) is 6.34. The zero-order valence-corrected chi connectivity index (χ0v) is 6.65. The maximum Gasteiger partial charge on any atom is 0.287 e. The molecule has 0 spiro atoms. The first-order valence-corrected chi connectivity index (χ1v) is 3.98. The molecule has 3 nitrogen and oxygen atoms in total. The fourth-order valence-corrected chi connectivity index (χ4v) is 1.70. The number of alkyl halides is 1. The van der Waals surface area contributed by atoms with Crippen molar-refractivity contribution in [3.05, 3.63) is 0 Å². The number of carbonyl (C=O) groups is 2. The van der Waals surface area contributed by atoms with Gasteiger partial charge in [0.25, 0.3) is 11.1 Å². The van der Waals surface area contributed by atoms with E-state index in [1.807, 2.05) is 22.6 Å². The number of hydrogen-bond acceptors (Lipinski definition) is 3. The van der Waals surface area contributed by atoms with E-state index >= 15 is 0 Å². The fraction of sp³-hybridized carbons (Fsp3) is 0.333. The third-order valence-corrected chi connectivity index (χ3v) is 2.71. The Morgan fingerprint density at radius 2 is 2.25 bits per heavy atom. The summed E-state index contributed by atoms with van der Waals surface area (Å²) in [5.74, 6) is -0.194. The summed E-state index contributed by atoms with van der Waals surface area (Å²) in [6, 6.07) is 0. The molecule has 0 aromatic rings. The van der Waals surface area contributed by atoms with Gasteiger partial charge in [0.1, 0.15) is 3.26 Å². The lowest BCUT2D eigenvalue weighted by atomic mass is 10.7. The van der Waals surface area contributed by atoms with Gasteiger partial charge in [-0.25, -0.2) is 0 Å². The lowest BCUT2D eigenvalue weighted by Gasteiger charge is -1.85. The van der Waals surface area contributed by atoms with Crippen LogP contribution in [0.1, 0.15) is 0 Å². The molecule has 0 aromatic heterocycles. The summed E-state index contributed by atoms with van der Waals surface area (Å²) >= 11 is 2.92. The van der Waals surface area contributed by atoms with Crippen LogP contribution >= 0.6 is 34.4 Å². The summed E-state index contributed by atoms with van der Waals surface area (Å²) in [6.07, 6.45) is 0. The zero-order chi connectivity index (χ0) is 6.15. The Morgan fingerprint density at radius 3 is 2.38 bits per heavy atom. The number of thioether (sulfide) groups is 1. The molecule has 1 aliphatic rings. The Kier molecular flexibility index (Phi) is 1.76. The smallest absolute Gasteiger partial charge is 0.285 e. The van der Waals surface area contributed by atoms with E-state index in [1.165, 1.54) is 0 Å². The normalized spacial score (nSPS) is 28.4. The van der Waals surface area contributed by atoms with Crippen LogP contribution in [0.15, 0.2) is 0 Å². The average Bonchev–Trinajstić information content (AvgIpc) is 1.85. The highest BCUT2D eigenvalue weighted by Gasteiger charge is 2.28. The molecule has 44 valence electrons. The molecular weight excluding hydrogens is 241 g/mol. The van der Waals surface area contributed by atoms with Gasteiger partial charge in [-0.15, -0.1) is 0 Å². The van der Waals surface area contributed by atoms with Crippen LogP contribution in [-0.2, 0) is 4.79 Å². The van der Waals surface area contributed by atoms with Gasteiger partial charge in [0.15, 0.2) is 0 Å². The molecule has 5 heteroatoms. The largest absolute Gasteiger partial charge is 0.287 e. The van der Waals surface area contributed by atoms with Gasteiger partial charge in [-0.2, -0.15) is 0 Å². The predicted octanol–water partition coefficient (Wildman–Crippen LogP) is 0.730. The van der Waals surface area contributed by atoms with E-state index in [0.717, 1.165) is 11.8 Å².